The summed E-state index contributed by atoms with van der Waals surface area (Å²) in [6.07, 6.45) is 5.51. The quantitative estimate of drug-likeness (QED) is 0.821. The molecular formula is C15H21FN2O. The summed E-state index contributed by atoms with van der Waals surface area (Å²) >= 11 is 0. The second-order valence-corrected chi connectivity index (χ2v) is 5.89. The highest BCUT2D eigenvalue weighted by Crippen LogP contribution is 2.48. The first-order valence-electron chi connectivity index (χ1n) is 7.04. The Kier molecular flexibility index (Phi) is 3.25. The Balaban J connectivity index is 1.66. The van der Waals surface area contributed by atoms with Crippen LogP contribution in [0, 0.1) is 23.6 Å². The third-order valence-electron chi connectivity index (χ3n) is 4.76. The molecule has 0 aromatic heterocycles. The van der Waals surface area contributed by atoms with E-state index < -0.39 is 5.82 Å². The number of fused-ring (bicyclic) bond motifs is 2. The zero-order valence-corrected chi connectivity index (χ0v) is 11.3. The maximum Gasteiger partial charge on any atom is 0.167 e. The number of nitrogen functional groups attached to an aromatic ring is 1. The lowest BCUT2D eigenvalue weighted by atomic mass is 9.89. The van der Waals surface area contributed by atoms with E-state index >= 15 is 0 Å². The zero-order valence-electron chi connectivity index (χ0n) is 11.3. The number of hydrogen-bond donors (Lipinski definition) is 2. The number of methoxy groups -OCH3 is 1. The molecule has 0 heterocycles. The standard InChI is InChI=1S/C15H21FN2O/c1-19-15-7-14(13(17)6-12(15)16)18-8-11-5-9-2-3-10(11)4-9/h6-7,9-11,18H,2-5,8,17H2,1H3. The van der Waals surface area contributed by atoms with E-state index in [1.807, 2.05) is 0 Å². The van der Waals surface area contributed by atoms with Crippen LogP contribution in [0.25, 0.3) is 0 Å². The Bertz CT molecular complexity index is 477. The molecule has 3 rings (SSSR count). The lowest BCUT2D eigenvalue weighted by molar-refractivity contribution is 0.348. The zero-order chi connectivity index (χ0) is 13.4. The molecule has 2 saturated carbocycles. The lowest BCUT2D eigenvalue weighted by Crippen LogP contribution is -2.20. The number of ether oxygens (including phenoxy) is 1. The molecule has 19 heavy (non-hydrogen) atoms. The summed E-state index contributed by atoms with van der Waals surface area (Å²) in [7, 11) is 1.47. The highest BCUT2D eigenvalue weighted by Gasteiger charge is 2.39. The molecule has 0 amide bonds. The van der Waals surface area contributed by atoms with Crippen molar-refractivity contribution in [3.63, 3.8) is 0 Å². The molecule has 3 N–H and O–H groups in total. The van der Waals surface area contributed by atoms with Gasteiger partial charge in [-0.2, -0.15) is 0 Å². The van der Waals surface area contributed by atoms with Crippen LogP contribution >= 0.6 is 0 Å². The third kappa shape index (κ3) is 2.36. The number of hydrogen-bond acceptors (Lipinski definition) is 3. The first-order chi connectivity index (χ1) is 9.17. The predicted octanol–water partition coefficient (Wildman–Crippen LogP) is 3.26. The summed E-state index contributed by atoms with van der Waals surface area (Å²) < 4.78 is 18.5. The Morgan fingerprint density at radius 1 is 1.37 bits per heavy atom. The van der Waals surface area contributed by atoms with Gasteiger partial charge in [0.25, 0.3) is 0 Å². The second-order valence-electron chi connectivity index (χ2n) is 5.89. The van der Waals surface area contributed by atoms with Crippen LogP contribution in [0.3, 0.4) is 0 Å². The second kappa shape index (κ2) is 4.91. The molecule has 2 aliphatic rings. The molecule has 3 nitrogen and oxygen atoms in total. The van der Waals surface area contributed by atoms with Crippen molar-refractivity contribution in [1.29, 1.82) is 0 Å². The maximum atomic E-state index is 13.5. The number of rotatable bonds is 4. The van der Waals surface area contributed by atoms with Crippen molar-refractivity contribution >= 4 is 11.4 Å². The smallest absolute Gasteiger partial charge is 0.167 e. The van der Waals surface area contributed by atoms with Gasteiger partial charge in [0.15, 0.2) is 11.6 Å². The number of nitrogens with one attached hydrogen (secondary N) is 1. The van der Waals surface area contributed by atoms with Crippen LogP contribution in [0.2, 0.25) is 0 Å². The maximum absolute atomic E-state index is 13.5. The highest BCUT2D eigenvalue weighted by atomic mass is 19.1. The molecule has 2 bridgehead atoms. The van der Waals surface area contributed by atoms with E-state index in [1.165, 1.54) is 38.9 Å². The van der Waals surface area contributed by atoms with E-state index in [-0.39, 0.29) is 5.75 Å². The molecular weight excluding hydrogens is 243 g/mol. The van der Waals surface area contributed by atoms with Gasteiger partial charge >= 0.3 is 0 Å². The van der Waals surface area contributed by atoms with E-state index in [4.69, 9.17) is 10.5 Å². The fourth-order valence-corrected chi connectivity index (χ4v) is 3.75. The predicted molar refractivity (Wildman–Crippen MR) is 74.8 cm³/mol. The fraction of sp³-hybridized carbons (Fsp3) is 0.600. The van der Waals surface area contributed by atoms with Crippen LogP contribution < -0.4 is 15.8 Å². The minimum absolute atomic E-state index is 0.240. The van der Waals surface area contributed by atoms with Gasteiger partial charge in [0.1, 0.15) is 0 Å². The Morgan fingerprint density at radius 2 is 2.21 bits per heavy atom. The van der Waals surface area contributed by atoms with Crippen LogP contribution in [0.1, 0.15) is 25.7 Å². The van der Waals surface area contributed by atoms with Crippen molar-refractivity contribution in [2.24, 2.45) is 17.8 Å². The average molecular weight is 264 g/mol. The summed E-state index contributed by atoms with van der Waals surface area (Å²) in [5, 5.41) is 3.37. The van der Waals surface area contributed by atoms with Crippen LogP contribution in [0.5, 0.6) is 5.75 Å². The summed E-state index contributed by atoms with van der Waals surface area (Å²) in [5.41, 5.74) is 7.07. The summed E-state index contributed by atoms with van der Waals surface area (Å²) in [6, 6.07) is 2.97. The normalized spacial score (nSPS) is 28.6. The van der Waals surface area contributed by atoms with Crippen molar-refractivity contribution in [2.75, 3.05) is 24.7 Å². The van der Waals surface area contributed by atoms with Crippen LogP contribution in [0.4, 0.5) is 15.8 Å². The fourth-order valence-electron chi connectivity index (χ4n) is 3.75. The Labute approximate surface area is 113 Å². The molecule has 0 saturated heterocycles. The molecule has 2 fully saturated rings. The first kappa shape index (κ1) is 12.6. The molecule has 3 unspecified atom stereocenters. The minimum atomic E-state index is -0.412. The van der Waals surface area contributed by atoms with Gasteiger partial charge in [-0.25, -0.2) is 4.39 Å². The molecule has 1 aromatic rings. The average Bonchev–Trinajstić information content (AvgIpc) is 3.00. The largest absolute Gasteiger partial charge is 0.494 e. The first-order valence-corrected chi connectivity index (χ1v) is 7.04. The van der Waals surface area contributed by atoms with E-state index in [2.05, 4.69) is 5.32 Å². The van der Waals surface area contributed by atoms with E-state index in [1.54, 1.807) is 6.07 Å². The van der Waals surface area contributed by atoms with Crippen molar-refractivity contribution in [3.05, 3.63) is 17.9 Å². The molecule has 4 heteroatoms. The summed E-state index contributed by atoms with van der Waals surface area (Å²) in [6.45, 7) is 0.931. The van der Waals surface area contributed by atoms with Gasteiger partial charge in [0.05, 0.1) is 18.5 Å². The van der Waals surface area contributed by atoms with Gasteiger partial charge in [-0.05, 0) is 37.0 Å². The molecule has 0 radical (unpaired) electrons. The van der Waals surface area contributed by atoms with Crippen LogP contribution in [0.15, 0.2) is 12.1 Å². The lowest BCUT2D eigenvalue weighted by Gasteiger charge is -2.23. The van der Waals surface area contributed by atoms with Gasteiger partial charge in [-0.15, -0.1) is 0 Å². The minimum Gasteiger partial charge on any atom is -0.494 e. The van der Waals surface area contributed by atoms with Crippen LogP contribution in [-0.2, 0) is 0 Å². The molecule has 0 spiro atoms. The van der Waals surface area contributed by atoms with Crippen molar-refractivity contribution in [3.8, 4) is 5.75 Å². The number of halogens is 1. The van der Waals surface area contributed by atoms with Crippen molar-refractivity contribution in [1.82, 2.24) is 0 Å². The SMILES string of the molecule is COc1cc(NCC2CC3CCC2C3)c(N)cc1F. The van der Waals surface area contributed by atoms with Gasteiger partial charge < -0.3 is 15.8 Å². The van der Waals surface area contributed by atoms with Crippen LogP contribution in [-0.4, -0.2) is 13.7 Å². The van der Waals surface area contributed by atoms with Gasteiger partial charge in [0.2, 0.25) is 0 Å². The highest BCUT2D eigenvalue weighted by molar-refractivity contribution is 5.68. The summed E-state index contributed by atoms with van der Waals surface area (Å²) in [5.74, 6) is 2.39. The van der Waals surface area contributed by atoms with Gasteiger partial charge in [-0.1, -0.05) is 6.42 Å². The van der Waals surface area contributed by atoms with Crippen molar-refractivity contribution in [2.45, 2.75) is 25.7 Å². The van der Waals surface area contributed by atoms with E-state index in [0.29, 0.717) is 5.69 Å². The topological polar surface area (TPSA) is 47.3 Å². The van der Waals surface area contributed by atoms with Gasteiger partial charge in [-0.3, -0.25) is 0 Å². The number of anilines is 2. The third-order valence-corrected chi connectivity index (χ3v) is 4.76. The summed E-state index contributed by atoms with van der Waals surface area (Å²) in [4.78, 5) is 0. The molecule has 2 aliphatic carbocycles. The Hall–Kier alpha value is -1.45. The number of benzene rings is 1. The molecule has 1 aromatic carbocycles. The van der Waals surface area contributed by atoms with E-state index in [9.17, 15) is 4.39 Å². The van der Waals surface area contributed by atoms with E-state index in [0.717, 1.165) is 30.0 Å². The molecule has 104 valence electrons. The monoisotopic (exact) mass is 264 g/mol. The van der Waals surface area contributed by atoms with Crippen molar-refractivity contribution < 1.29 is 9.13 Å². The molecule has 0 aliphatic heterocycles. The van der Waals surface area contributed by atoms with Gasteiger partial charge in [0, 0.05) is 18.7 Å². The molecule has 3 atom stereocenters. The number of nitrogens with two attached hydrogens (primary N) is 1. The Morgan fingerprint density at radius 3 is 2.84 bits per heavy atom.